The number of benzene rings is 3. The molecule has 0 radical (unpaired) electrons. The first-order chi connectivity index (χ1) is 13.1. The van der Waals surface area contributed by atoms with Gasteiger partial charge in [0, 0.05) is 29.0 Å². The van der Waals surface area contributed by atoms with Crippen molar-refractivity contribution in [3.05, 3.63) is 95.1 Å². The van der Waals surface area contributed by atoms with E-state index in [0.29, 0.717) is 17.7 Å². The van der Waals surface area contributed by atoms with Gasteiger partial charge in [-0.2, -0.15) is 0 Å². The predicted octanol–water partition coefficient (Wildman–Crippen LogP) is 4.45. The SMILES string of the molecule is Cc1cccc(NC(=O)c2ccc(C(=O)N3CCc4ccccc43)cc2)c1. The van der Waals surface area contributed by atoms with Crippen molar-refractivity contribution >= 4 is 23.2 Å². The minimum atomic E-state index is -0.189. The molecule has 1 N–H and O–H groups in total. The summed E-state index contributed by atoms with van der Waals surface area (Å²) in [6.45, 7) is 2.67. The van der Waals surface area contributed by atoms with Crippen LogP contribution >= 0.6 is 0 Å². The number of amides is 2. The Bertz CT molecular complexity index is 1010. The molecule has 0 unspecified atom stereocenters. The van der Waals surface area contributed by atoms with Crippen LogP contribution in [0.1, 0.15) is 31.8 Å². The minimum Gasteiger partial charge on any atom is -0.322 e. The average molecular weight is 356 g/mol. The van der Waals surface area contributed by atoms with Crippen LogP contribution in [0.4, 0.5) is 11.4 Å². The highest BCUT2D eigenvalue weighted by atomic mass is 16.2. The molecular formula is C23H20N2O2. The molecule has 1 aliphatic heterocycles. The van der Waals surface area contributed by atoms with E-state index in [1.54, 1.807) is 29.2 Å². The van der Waals surface area contributed by atoms with Gasteiger partial charge in [-0.3, -0.25) is 9.59 Å². The minimum absolute atomic E-state index is 0.0365. The second-order valence-corrected chi connectivity index (χ2v) is 6.74. The Labute approximate surface area is 158 Å². The number of nitrogens with zero attached hydrogens (tertiary/aromatic N) is 1. The van der Waals surface area contributed by atoms with E-state index in [-0.39, 0.29) is 11.8 Å². The number of fused-ring (bicyclic) bond motifs is 1. The van der Waals surface area contributed by atoms with Crippen LogP contribution in [0.5, 0.6) is 0 Å². The summed E-state index contributed by atoms with van der Waals surface area (Å²) in [7, 11) is 0. The lowest BCUT2D eigenvalue weighted by Crippen LogP contribution is -2.28. The van der Waals surface area contributed by atoms with E-state index in [0.717, 1.165) is 23.4 Å². The fourth-order valence-electron chi connectivity index (χ4n) is 3.40. The molecule has 0 fully saturated rings. The van der Waals surface area contributed by atoms with Gasteiger partial charge in [0.25, 0.3) is 11.8 Å². The Kier molecular flexibility index (Phi) is 4.47. The molecule has 4 heteroatoms. The van der Waals surface area contributed by atoms with E-state index in [1.807, 2.05) is 49.4 Å². The van der Waals surface area contributed by atoms with Crippen molar-refractivity contribution in [3.63, 3.8) is 0 Å². The van der Waals surface area contributed by atoms with Crippen molar-refractivity contribution in [1.29, 1.82) is 0 Å². The smallest absolute Gasteiger partial charge is 0.258 e. The molecule has 27 heavy (non-hydrogen) atoms. The van der Waals surface area contributed by atoms with Crippen molar-refractivity contribution in [3.8, 4) is 0 Å². The molecule has 2 amide bonds. The third-order valence-electron chi connectivity index (χ3n) is 4.80. The molecule has 1 aliphatic rings. The highest BCUT2D eigenvalue weighted by Gasteiger charge is 2.25. The Balaban J connectivity index is 1.49. The van der Waals surface area contributed by atoms with Crippen LogP contribution in [-0.4, -0.2) is 18.4 Å². The van der Waals surface area contributed by atoms with E-state index in [9.17, 15) is 9.59 Å². The maximum atomic E-state index is 12.8. The predicted molar refractivity (Wildman–Crippen MR) is 107 cm³/mol. The molecule has 0 saturated heterocycles. The summed E-state index contributed by atoms with van der Waals surface area (Å²) in [5, 5.41) is 2.88. The van der Waals surface area contributed by atoms with Gasteiger partial charge in [0.1, 0.15) is 0 Å². The zero-order chi connectivity index (χ0) is 18.8. The van der Waals surface area contributed by atoms with Gasteiger partial charge in [-0.1, -0.05) is 30.3 Å². The molecule has 0 aromatic heterocycles. The lowest BCUT2D eigenvalue weighted by Gasteiger charge is -2.17. The summed E-state index contributed by atoms with van der Waals surface area (Å²) >= 11 is 0. The number of rotatable bonds is 3. The number of nitrogens with one attached hydrogen (secondary N) is 1. The zero-order valence-corrected chi connectivity index (χ0v) is 15.1. The van der Waals surface area contributed by atoms with Gasteiger partial charge in [-0.15, -0.1) is 0 Å². The van der Waals surface area contributed by atoms with E-state index >= 15 is 0 Å². The highest BCUT2D eigenvalue weighted by molar-refractivity contribution is 6.09. The zero-order valence-electron chi connectivity index (χ0n) is 15.1. The number of para-hydroxylation sites is 1. The molecule has 0 bridgehead atoms. The van der Waals surface area contributed by atoms with E-state index in [2.05, 4.69) is 11.4 Å². The summed E-state index contributed by atoms with van der Waals surface area (Å²) < 4.78 is 0. The molecule has 1 heterocycles. The number of hydrogen-bond donors (Lipinski definition) is 1. The molecule has 3 aromatic rings. The fourth-order valence-corrected chi connectivity index (χ4v) is 3.40. The van der Waals surface area contributed by atoms with Crippen LogP contribution in [0.25, 0.3) is 0 Å². The topological polar surface area (TPSA) is 49.4 Å². The first kappa shape index (κ1) is 17.0. The van der Waals surface area contributed by atoms with Crippen molar-refractivity contribution in [2.75, 3.05) is 16.8 Å². The lowest BCUT2D eigenvalue weighted by molar-refractivity contribution is 0.0986. The van der Waals surface area contributed by atoms with Gasteiger partial charge in [-0.05, 0) is 66.9 Å². The lowest BCUT2D eigenvalue weighted by atomic mass is 10.1. The monoisotopic (exact) mass is 356 g/mol. The number of anilines is 2. The summed E-state index contributed by atoms with van der Waals surface area (Å²) in [5.41, 5.74) is 5.12. The van der Waals surface area contributed by atoms with Gasteiger partial charge < -0.3 is 10.2 Å². The van der Waals surface area contributed by atoms with Crippen molar-refractivity contribution in [1.82, 2.24) is 0 Å². The third kappa shape index (κ3) is 3.47. The van der Waals surface area contributed by atoms with E-state index < -0.39 is 0 Å². The molecule has 0 aliphatic carbocycles. The molecule has 0 atom stereocenters. The number of aryl methyl sites for hydroxylation is 1. The molecule has 0 spiro atoms. The Morgan fingerprint density at radius 1 is 0.889 bits per heavy atom. The van der Waals surface area contributed by atoms with Crippen LogP contribution in [0.15, 0.2) is 72.8 Å². The maximum Gasteiger partial charge on any atom is 0.258 e. The van der Waals surface area contributed by atoms with E-state index in [4.69, 9.17) is 0 Å². The fraction of sp³-hybridized carbons (Fsp3) is 0.130. The number of hydrogen-bond acceptors (Lipinski definition) is 2. The molecule has 4 rings (SSSR count). The Hall–Kier alpha value is -3.40. The van der Waals surface area contributed by atoms with Gasteiger partial charge >= 0.3 is 0 Å². The summed E-state index contributed by atoms with van der Waals surface area (Å²) in [4.78, 5) is 27.1. The molecule has 0 saturated carbocycles. The van der Waals surface area contributed by atoms with Crippen LogP contribution in [-0.2, 0) is 6.42 Å². The van der Waals surface area contributed by atoms with E-state index in [1.165, 1.54) is 5.56 Å². The van der Waals surface area contributed by atoms with Crippen LogP contribution in [0.2, 0.25) is 0 Å². The molecule has 4 nitrogen and oxygen atoms in total. The Morgan fingerprint density at radius 2 is 1.63 bits per heavy atom. The highest BCUT2D eigenvalue weighted by Crippen LogP contribution is 2.28. The third-order valence-corrected chi connectivity index (χ3v) is 4.80. The van der Waals surface area contributed by atoms with Crippen molar-refractivity contribution in [2.45, 2.75) is 13.3 Å². The normalized spacial score (nSPS) is 12.6. The second-order valence-electron chi connectivity index (χ2n) is 6.74. The van der Waals surface area contributed by atoms with Crippen molar-refractivity contribution < 1.29 is 9.59 Å². The van der Waals surface area contributed by atoms with Crippen LogP contribution in [0, 0.1) is 6.92 Å². The number of carbonyl (C=O) groups excluding carboxylic acids is 2. The largest absolute Gasteiger partial charge is 0.322 e. The van der Waals surface area contributed by atoms with Crippen LogP contribution in [0.3, 0.4) is 0 Å². The van der Waals surface area contributed by atoms with Gasteiger partial charge in [0.05, 0.1) is 0 Å². The standard InChI is InChI=1S/C23H20N2O2/c1-16-5-4-7-20(15-16)24-22(26)18-9-11-19(12-10-18)23(27)25-14-13-17-6-2-3-8-21(17)25/h2-12,15H,13-14H2,1H3,(H,24,26). The van der Waals surface area contributed by atoms with Crippen molar-refractivity contribution in [2.24, 2.45) is 0 Å². The van der Waals surface area contributed by atoms with Gasteiger partial charge in [0.2, 0.25) is 0 Å². The molecular weight excluding hydrogens is 336 g/mol. The molecule has 134 valence electrons. The van der Waals surface area contributed by atoms with Gasteiger partial charge in [-0.25, -0.2) is 0 Å². The first-order valence-corrected chi connectivity index (χ1v) is 9.00. The number of carbonyl (C=O) groups is 2. The summed E-state index contributed by atoms with van der Waals surface area (Å²) in [6.07, 6.45) is 0.874. The quantitative estimate of drug-likeness (QED) is 0.754. The Morgan fingerprint density at radius 3 is 2.41 bits per heavy atom. The second kappa shape index (κ2) is 7.08. The first-order valence-electron chi connectivity index (χ1n) is 9.00. The summed E-state index contributed by atoms with van der Waals surface area (Å²) in [5.74, 6) is -0.225. The van der Waals surface area contributed by atoms with Crippen LogP contribution < -0.4 is 10.2 Å². The average Bonchev–Trinajstić information content (AvgIpc) is 3.12. The summed E-state index contributed by atoms with van der Waals surface area (Å²) in [6, 6.07) is 22.5. The van der Waals surface area contributed by atoms with Gasteiger partial charge in [0.15, 0.2) is 0 Å². The maximum absolute atomic E-state index is 12.8. The molecule has 3 aromatic carbocycles.